The number of nitrogens with zero attached hydrogens (tertiary/aromatic N) is 5. The van der Waals surface area contributed by atoms with Gasteiger partial charge in [0.05, 0.1) is 41.7 Å². The Morgan fingerprint density at radius 2 is 1.84 bits per heavy atom. The minimum atomic E-state index is -0.671. The lowest BCUT2D eigenvalue weighted by atomic mass is 9.72. The number of imidazole rings is 1. The Morgan fingerprint density at radius 3 is 2.51 bits per heavy atom. The zero-order valence-electron chi connectivity index (χ0n) is 26.2. The van der Waals surface area contributed by atoms with E-state index in [-0.39, 0.29) is 35.2 Å². The minimum absolute atomic E-state index is 0.133. The molecule has 6 rings (SSSR count). The lowest BCUT2D eigenvalue weighted by Crippen LogP contribution is -2.55. The van der Waals surface area contributed by atoms with Gasteiger partial charge in [-0.1, -0.05) is 19.8 Å². The molecule has 11 heteroatoms. The molecule has 3 aromatic heterocycles. The van der Waals surface area contributed by atoms with E-state index in [0.717, 1.165) is 43.2 Å². The van der Waals surface area contributed by atoms with Crippen molar-refractivity contribution in [3.8, 4) is 11.3 Å². The van der Waals surface area contributed by atoms with Crippen LogP contribution in [-0.2, 0) is 21.5 Å². The zero-order valence-corrected chi connectivity index (χ0v) is 26.2. The maximum Gasteiger partial charge on any atom is 0.409 e. The van der Waals surface area contributed by atoms with Crippen molar-refractivity contribution in [2.24, 2.45) is 11.7 Å². The van der Waals surface area contributed by atoms with Gasteiger partial charge in [-0.25, -0.2) is 23.1 Å². The van der Waals surface area contributed by atoms with Gasteiger partial charge in [-0.3, -0.25) is 4.98 Å². The Labute approximate surface area is 261 Å². The first-order valence-electron chi connectivity index (χ1n) is 15.5. The Balaban J connectivity index is 1.29. The topological polar surface area (TPSA) is 108 Å². The second-order valence-electron chi connectivity index (χ2n) is 12.6. The third kappa shape index (κ3) is 5.68. The second kappa shape index (κ2) is 12.4. The largest absolute Gasteiger partial charge is 0.453 e. The molecule has 4 atom stereocenters. The number of methoxy groups -OCH3 is 2. The molecule has 1 aromatic carbocycles. The lowest BCUT2D eigenvalue weighted by molar-refractivity contribution is -0.00915. The lowest BCUT2D eigenvalue weighted by Gasteiger charge is -2.43. The number of ether oxygens (including phenoxy) is 2. The number of hydrogen-bond acceptors (Lipinski definition) is 7. The number of aromatic nitrogens is 4. The van der Waals surface area contributed by atoms with Crippen LogP contribution in [-0.4, -0.2) is 63.9 Å². The number of amides is 1. The van der Waals surface area contributed by atoms with E-state index in [1.807, 2.05) is 12.3 Å². The Morgan fingerprint density at radius 1 is 1.11 bits per heavy atom. The molecule has 2 saturated carbocycles. The average Bonchev–Trinajstić information content (AvgIpc) is 3.68. The molecule has 2 fully saturated rings. The molecule has 238 valence electrons. The number of fused-ring (bicyclic) bond motifs is 1. The van der Waals surface area contributed by atoms with Crippen molar-refractivity contribution in [3.05, 3.63) is 83.1 Å². The summed E-state index contributed by atoms with van der Waals surface area (Å²) < 4.78 is 43.5. The Bertz CT molecular complexity index is 1670. The van der Waals surface area contributed by atoms with Gasteiger partial charge in [0.15, 0.2) is 0 Å². The predicted molar refractivity (Wildman–Crippen MR) is 166 cm³/mol. The third-order valence-corrected chi connectivity index (χ3v) is 9.96. The van der Waals surface area contributed by atoms with Crippen molar-refractivity contribution >= 4 is 11.6 Å². The maximum atomic E-state index is 15.6. The van der Waals surface area contributed by atoms with Crippen molar-refractivity contribution in [2.75, 3.05) is 21.3 Å². The first-order chi connectivity index (χ1) is 21.7. The molecule has 45 heavy (non-hydrogen) atoms. The maximum absolute atomic E-state index is 15.6. The van der Waals surface area contributed by atoms with E-state index < -0.39 is 23.3 Å². The minimum Gasteiger partial charge on any atom is -0.453 e. The van der Waals surface area contributed by atoms with Gasteiger partial charge < -0.3 is 20.1 Å². The fraction of sp³-hybridized carbons (Fsp3) is 0.471. The van der Waals surface area contributed by atoms with Gasteiger partial charge in [-0.2, -0.15) is 5.10 Å². The molecular weight excluding hydrogens is 578 g/mol. The molecule has 2 aliphatic rings. The van der Waals surface area contributed by atoms with Gasteiger partial charge in [0.1, 0.15) is 17.5 Å². The monoisotopic (exact) mass is 618 g/mol. The molecule has 9 nitrogen and oxygen atoms in total. The van der Waals surface area contributed by atoms with Crippen LogP contribution >= 0.6 is 0 Å². The highest BCUT2D eigenvalue weighted by molar-refractivity contribution is 5.67. The van der Waals surface area contributed by atoms with Crippen molar-refractivity contribution in [3.63, 3.8) is 0 Å². The summed E-state index contributed by atoms with van der Waals surface area (Å²) in [5.41, 5.74) is 9.32. The highest BCUT2D eigenvalue weighted by Crippen LogP contribution is 2.43. The summed E-state index contributed by atoms with van der Waals surface area (Å²) in [5.74, 6) is -0.421. The number of rotatable bonds is 7. The van der Waals surface area contributed by atoms with Crippen LogP contribution in [0.1, 0.15) is 73.9 Å². The summed E-state index contributed by atoms with van der Waals surface area (Å²) in [4.78, 5) is 22.8. The number of nitrogens with two attached hydrogens (primary N) is 1. The molecule has 2 N–H and O–H groups in total. The summed E-state index contributed by atoms with van der Waals surface area (Å²) in [6.07, 6.45) is 10.2. The van der Waals surface area contributed by atoms with Gasteiger partial charge in [-0.05, 0) is 84.5 Å². The van der Waals surface area contributed by atoms with E-state index in [9.17, 15) is 4.79 Å². The summed E-state index contributed by atoms with van der Waals surface area (Å²) >= 11 is 0. The fourth-order valence-electron chi connectivity index (χ4n) is 7.74. The molecule has 0 radical (unpaired) electrons. The summed E-state index contributed by atoms with van der Waals surface area (Å²) in [7, 11) is 4.70. The number of pyridine rings is 1. The first kappa shape index (κ1) is 31.0. The quantitative estimate of drug-likeness (QED) is 0.271. The smallest absolute Gasteiger partial charge is 0.409 e. The molecule has 0 spiro atoms. The Hall–Kier alpha value is -3.96. The molecule has 0 bridgehead atoms. The van der Waals surface area contributed by atoms with Crippen LogP contribution in [0.2, 0.25) is 0 Å². The highest BCUT2D eigenvalue weighted by Gasteiger charge is 2.39. The molecule has 3 heterocycles. The zero-order chi connectivity index (χ0) is 31.9. The highest BCUT2D eigenvalue weighted by atomic mass is 19.1. The summed E-state index contributed by atoms with van der Waals surface area (Å²) in [6.45, 7) is 2.11. The number of benzene rings is 1. The van der Waals surface area contributed by atoms with E-state index in [2.05, 4.69) is 22.0 Å². The molecule has 4 aromatic rings. The van der Waals surface area contributed by atoms with E-state index in [0.29, 0.717) is 29.7 Å². The van der Waals surface area contributed by atoms with Crippen LogP contribution in [0.15, 0.2) is 48.9 Å². The molecule has 0 unspecified atom stereocenters. The van der Waals surface area contributed by atoms with Crippen molar-refractivity contribution in [1.82, 2.24) is 24.5 Å². The van der Waals surface area contributed by atoms with E-state index in [1.54, 1.807) is 48.1 Å². The van der Waals surface area contributed by atoms with Crippen LogP contribution in [0.5, 0.6) is 0 Å². The molecule has 0 aliphatic heterocycles. The van der Waals surface area contributed by atoms with Gasteiger partial charge in [0.25, 0.3) is 0 Å². The van der Waals surface area contributed by atoms with E-state index in [1.165, 1.54) is 19.2 Å². The standard InChI is InChI=1S/C34H40F2N6O3/c1-20-13-21(14-28(37)32(20)41(2)33(43)44-3)25-9-12-38-18-22(25)15-30-39-19-24-7-8-29(40-42(24)30)31-26(35)16-23(17-27(31)36)34(45-4)10-5-6-11-34/h7-9,12,16-21,28,32H,5-6,10-11,13-15,37H2,1-4H3/t20-,21+,28+,32-/m0/s1. The number of halogens is 2. The van der Waals surface area contributed by atoms with E-state index >= 15 is 8.78 Å². The summed E-state index contributed by atoms with van der Waals surface area (Å²) in [6, 6.07) is 7.81. The number of carbonyl (C=O) groups excluding carboxylic acids is 1. The third-order valence-electron chi connectivity index (χ3n) is 9.96. The molecule has 0 saturated heterocycles. The van der Waals surface area contributed by atoms with Gasteiger partial charge >= 0.3 is 6.09 Å². The van der Waals surface area contributed by atoms with Crippen LogP contribution in [0, 0.1) is 17.6 Å². The van der Waals surface area contributed by atoms with Crippen molar-refractivity contribution in [2.45, 2.75) is 75.5 Å². The predicted octanol–water partition coefficient (Wildman–Crippen LogP) is 5.98. The first-order valence-corrected chi connectivity index (χ1v) is 15.5. The average molecular weight is 619 g/mol. The molecule has 2 aliphatic carbocycles. The van der Waals surface area contributed by atoms with Crippen LogP contribution < -0.4 is 5.73 Å². The Kier molecular flexibility index (Phi) is 8.58. The van der Waals surface area contributed by atoms with E-state index in [4.69, 9.17) is 15.2 Å². The van der Waals surface area contributed by atoms with Gasteiger partial charge in [0.2, 0.25) is 0 Å². The van der Waals surface area contributed by atoms with Crippen LogP contribution in [0.3, 0.4) is 0 Å². The molecular formula is C34H40F2N6O3. The SMILES string of the molecule is COC(=O)N(C)[C@@H]1[C@H](N)C[C@H](c2ccncc2Cc2ncc3ccc(-c4c(F)cc(C5(OC)CCCC5)cc4F)nn23)C[C@@H]1C. The molecule has 1 amide bonds. The van der Waals surface area contributed by atoms with Crippen LogP contribution in [0.25, 0.3) is 16.8 Å². The van der Waals surface area contributed by atoms with Crippen molar-refractivity contribution in [1.29, 1.82) is 0 Å². The normalized spacial score (nSPS) is 22.9. The number of likely N-dealkylation sites (N-methyl/N-ethyl adjacent to an activating group) is 1. The van der Waals surface area contributed by atoms with Gasteiger partial charge in [0, 0.05) is 39.0 Å². The van der Waals surface area contributed by atoms with Crippen molar-refractivity contribution < 1.29 is 23.0 Å². The fourth-order valence-corrected chi connectivity index (χ4v) is 7.74. The number of hydrogen-bond donors (Lipinski definition) is 1. The number of carbonyl (C=O) groups is 1. The summed E-state index contributed by atoms with van der Waals surface area (Å²) in [5, 5.41) is 4.66. The van der Waals surface area contributed by atoms with Crippen LogP contribution in [0.4, 0.5) is 13.6 Å². The second-order valence-corrected chi connectivity index (χ2v) is 12.6. The van der Waals surface area contributed by atoms with Gasteiger partial charge in [-0.15, -0.1) is 0 Å².